The molecule has 0 spiro atoms. The van der Waals surface area contributed by atoms with Crippen molar-refractivity contribution in [2.45, 2.75) is 84.5 Å². The molecule has 1 aromatic carbocycles. The predicted octanol–water partition coefficient (Wildman–Crippen LogP) is 6.79. The Bertz CT molecular complexity index is 301. The van der Waals surface area contributed by atoms with Gasteiger partial charge in [-0.25, -0.2) is 0 Å². The molecular weight excluding hydrogens is 240 g/mol. The van der Waals surface area contributed by atoms with Gasteiger partial charge in [0.25, 0.3) is 0 Å². The minimum absolute atomic E-state index is 0.835. The van der Waals surface area contributed by atoms with E-state index in [4.69, 9.17) is 0 Å². The lowest BCUT2D eigenvalue weighted by atomic mass is 9.95. The van der Waals surface area contributed by atoms with Crippen molar-refractivity contribution in [3.63, 3.8) is 0 Å². The lowest BCUT2D eigenvalue weighted by Crippen LogP contribution is -1.99. The average molecular weight is 274 g/mol. The molecule has 1 rings (SSSR count). The molecule has 0 saturated heterocycles. The van der Waals surface area contributed by atoms with Gasteiger partial charge in [0.1, 0.15) is 0 Å². The van der Waals surface area contributed by atoms with E-state index >= 15 is 0 Å². The highest BCUT2D eigenvalue weighted by atomic mass is 14.1. The maximum absolute atomic E-state index is 2.40. The summed E-state index contributed by atoms with van der Waals surface area (Å²) in [6.07, 6.45) is 15.6. The van der Waals surface area contributed by atoms with Crippen LogP contribution < -0.4 is 0 Å². The molecule has 0 aliphatic rings. The summed E-state index contributed by atoms with van der Waals surface area (Å²) < 4.78 is 0. The Hall–Kier alpha value is -0.780. The molecule has 0 radical (unpaired) electrons. The molecular formula is C20H34. The summed E-state index contributed by atoms with van der Waals surface area (Å²) in [5.74, 6) is 0.835. The summed E-state index contributed by atoms with van der Waals surface area (Å²) in [6, 6.07) is 10.9. The van der Waals surface area contributed by atoms with Gasteiger partial charge in [0.15, 0.2) is 0 Å². The summed E-state index contributed by atoms with van der Waals surface area (Å²) >= 11 is 0. The fourth-order valence-electron chi connectivity index (χ4n) is 2.92. The molecule has 114 valence electrons. The molecule has 0 unspecified atom stereocenters. The van der Waals surface area contributed by atoms with Crippen LogP contribution in [0.2, 0.25) is 0 Å². The van der Waals surface area contributed by atoms with E-state index in [0.29, 0.717) is 0 Å². The third-order valence-corrected chi connectivity index (χ3v) is 4.23. The summed E-state index contributed by atoms with van der Waals surface area (Å²) in [6.45, 7) is 4.69. The van der Waals surface area contributed by atoms with E-state index in [1.165, 1.54) is 76.2 Å². The standard InChI is InChI=1S/C20H34/c1-3-4-5-6-7-8-9-10-12-15-19(2)18-20-16-13-11-14-17-20/h11,13-14,16-17,19H,3-10,12,15,18H2,1-2H3/t19-/m0/s1. The number of hydrogen-bond acceptors (Lipinski definition) is 0. The minimum Gasteiger partial charge on any atom is -0.0654 e. The van der Waals surface area contributed by atoms with E-state index in [1.54, 1.807) is 0 Å². The van der Waals surface area contributed by atoms with Gasteiger partial charge in [-0.2, -0.15) is 0 Å². The van der Waals surface area contributed by atoms with Gasteiger partial charge in [-0.1, -0.05) is 108 Å². The topological polar surface area (TPSA) is 0 Å². The zero-order valence-electron chi connectivity index (χ0n) is 13.7. The Labute approximate surface area is 127 Å². The minimum atomic E-state index is 0.835. The quantitative estimate of drug-likeness (QED) is 0.368. The van der Waals surface area contributed by atoms with Crippen molar-refractivity contribution in [2.24, 2.45) is 5.92 Å². The van der Waals surface area contributed by atoms with Crippen LogP contribution in [0.3, 0.4) is 0 Å². The Morgan fingerprint density at radius 2 is 1.30 bits per heavy atom. The third kappa shape index (κ3) is 9.18. The largest absolute Gasteiger partial charge is 0.0654 e. The van der Waals surface area contributed by atoms with Crippen molar-refractivity contribution < 1.29 is 0 Å². The van der Waals surface area contributed by atoms with Crippen molar-refractivity contribution in [3.05, 3.63) is 35.9 Å². The molecule has 0 heteroatoms. The van der Waals surface area contributed by atoms with Crippen LogP contribution in [0.25, 0.3) is 0 Å². The van der Waals surface area contributed by atoms with E-state index in [9.17, 15) is 0 Å². The molecule has 0 bridgehead atoms. The molecule has 0 amide bonds. The maximum atomic E-state index is 2.40. The lowest BCUT2D eigenvalue weighted by Gasteiger charge is -2.11. The average Bonchev–Trinajstić information content (AvgIpc) is 2.46. The number of unbranched alkanes of at least 4 members (excludes halogenated alkanes) is 8. The zero-order valence-corrected chi connectivity index (χ0v) is 13.7. The molecule has 1 aromatic rings. The van der Waals surface area contributed by atoms with Gasteiger partial charge in [0.05, 0.1) is 0 Å². The first-order chi connectivity index (χ1) is 9.83. The van der Waals surface area contributed by atoms with Gasteiger partial charge in [-0.05, 0) is 17.9 Å². The van der Waals surface area contributed by atoms with Crippen LogP contribution in [-0.2, 0) is 6.42 Å². The Balaban J connectivity index is 1.91. The normalized spacial score (nSPS) is 12.5. The molecule has 0 aromatic heterocycles. The zero-order chi connectivity index (χ0) is 14.5. The van der Waals surface area contributed by atoms with Crippen molar-refractivity contribution in [2.75, 3.05) is 0 Å². The van der Waals surface area contributed by atoms with E-state index < -0.39 is 0 Å². The van der Waals surface area contributed by atoms with Crippen LogP contribution in [0, 0.1) is 5.92 Å². The molecule has 20 heavy (non-hydrogen) atoms. The highest BCUT2D eigenvalue weighted by molar-refractivity contribution is 5.14. The number of benzene rings is 1. The first kappa shape index (κ1) is 17.3. The molecule has 0 nitrogen and oxygen atoms in total. The molecule has 0 heterocycles. The molecule has 0 fully saturated rings. The van der Waals surface area contributed by atoms with Gasteiger partial charge in [-0.3, -0.25) is 0 Å². The van der Waals surface area contributed by atoms with Crippen LogP contribution in [0.15, 0.2) is 30.3 Å². The van der Waals surface area contributed by atoms with Crippen molar-refractivity contribution in [3.8, 4) is 0 Å². The van der Waals surface area contributed by atoms with Gasteiger partial charge >= 0.3 is 0 Å². The van der Waals surface area contributed by atoms with Crippen LogP contribution in [-0.4, -0.2) is 0 Å². The van der Waals surface area contributed by atoms with Crippen LogP contribution in [0.1, 0.15) is 83.6 Å². The first-order valence-electron chi connectivity index (χ1n) is 8.87. The second-order valence-electron chi connectivity index (χ2n) is 6.41. The van der Waals surface area contributed by atoms with Gasteiger partial charge in [0, 0.05) is 0 Å². The van der Waals surface area contributed by atoms with Crippen molar-refractivity contribution in [1.29, 1.82) is 0 Å². The van der Waals surface area contributed by atoms with Crippen LogP contribution in [0.4, 0.5) is 0 Å². The predicted molar refractivity (Wildman–Crippen MR) is 91.2 cm³/mol. The fourth-order valence-corrected chi connectivity index (χ4v) is 2.92. The number of rotatable bonds is 12. The van der Waals surface area contributed by atoms with Gasteiger partial charge in [0.2, 0.25) is 0 Å². The second-order valence-corrected chi connectivity index (χ2v) is 6.41. The van der Waals surface area contributed by atoms with Gasteiger partial charge in [-0.15, -0.1) is 0 Å². The summed E-state index contributed by atoms with van der Waals surface area (Å²) in [4.78, 5) is 0. The Morgan fingerprint density at radius 1 is 0.750 bits per heavy atom. The SMILES string of the molecule is CCCCCCCCCCC[C@H](C)Cc1ccccc1. The Kier molecular flexibility index (Phi) is 10.4. The lowest BCUT2D eigenvalue weighted by molar-refractivity contribution is 0.478. The van der Waals surface area contributed by atoms with E-state index in [2.05, 4.69) is 44.2 Å². The fraction of sp³-hybridized carbons (Fsp3) is 0.700. The van der Waals surface area contributed by atoms with E-state index in [0.717, 1.165) is 5.92 Å². The molecule has 1 atom stereocenters. The molecule has 0 aliphatic carbocycles. The monoisotopic (exact) mass is 274 g/mol. The second kappa shape index (κ2) is 12.0. The van der Waals surface area contributed by atoms with Crippen LogP contribution in [0.5, 0.6) is 0 Å². The molecule has 0 N–H and O–H groups in total. The highest BCUT2D eigenvalue weighted by Gasteiger charge is 2.03. The number of hydrogen-bond donors (Lipinski definition) is 0. The summed E-state index contributed by atoms with van der Waals surface area (Å²) in [5.41, 5.74) is 1.50. The molecule has 0 saturated carbocycles. The third-order valence-electron chi connectivity index (χ3n) is 4.23. The van der Waals surface area contributed by atoms with Crippen molar-refractivity contribution in [1.82, 2.24) is 0 Å². The van der Waals surface area contributed by atoms with Crippen molar-refractivity contribution >= 4 is 0 Å². The maximum Gasteiger partial charge on any atom is -0.0253 e. The highest BCUT2D eigenvalue weighted by Crippen LogP contribution is 2.16. The summed E-state index contributed by atoms with van der Waals surface area (Å²) in [5, 5.41) is 0. The summed E-state index contributed by atoms with van der Waals surface area (Å²) in [7, 11) is 0. The molecule has 0 aliphatic heterocycles. The van der Waals surface area contributed by atoms with Gasteiger partial charge < -0.3 is 0 Å². The van der Waals surface area contributed by atoms with E-state index in [1.807, 2.05) is 0 Å². The first-order valence-corrected chi connectivity index (χ1v) is 8.87. The van der Waals surface area contributed by atoms with E-state index in [-0.39, 0.29) is 0 Å². The smallest absolute Gasteiger partial charge is 0.0253 e. The Morgan fingerprint density at radius 3 is 1.90 bits per heavy atom. The van der Waals surface area contributed by atoms with Crippen LogP contribution >= 0.6 is 0 Å².